The van der Waals surface area contributed by atoms with E-state index in [1.807, 2.05) is 39.0 Å². The van der Waals surface area contributed by atoms with Crippen LogP contribution in [0.2, 0.25) is 0 Å². The second-order valence-corrected chi connectivity index (χ2v) is 7.88. The van der Waals surface area contributed by atoms with Crippen molar-refractivity contribution >= 4 is 21.6 Å². The van der Waals surface area contributed by atoms with Crippen LogP contribution >= 0.6 is 0 Å². The number of nitrogens with one attached hydrogen (secondary N) is 1. The van der Waals surface area contributed by atoms with Gasteiger partial charge >= 0.3 is 6.03 Å². The van der Waals surface area contributed by atoms with Crippen LogP contribution in [0.1, 0.15) is 24.5 Å². The third-order valence-corrected chi connectivity index (χ3v) is 5.47. The molecule has 1 N–H and O–H groups in total. The summed E-state index contributed by atoms with van der Waals surface area (Å²) in [6.07, 6.45) is 0.524. The molecule has 0 bridgehead atoms. The number of hydrogen-bond acceptors (Lipinski definition) is 3. The number of benzene rings is 1. The molecule has 1 unspecified atom stereocenters. The van der Waals surface area contributed by atoms with Crippen molar-refractivity contribution in [2.45, 2.75) is 33.2 Å². The van der Waals surface area contributed by atoms with Crippen LogP contribution in [0.25, 0.3) is 0 Å². The Morgan fingerprint density at radius 3 is 2.38 bits per heavy atom. The molecule has 0 aromatic heterocycles. The maximum absolute atomic E-state index is 12.4. The summed E-state index contributed by atoms with van der Waals surface area (Å²) in [6.45, 7) is 6.32. The Morgan fingerprint density at radius 2 is 1.90 bits per heavy atom. The predicted molar refractivity (Wildman–Crippen MR) is 84.4 cm³/mol. The molecule has 1 heterocycles. The van der Waals surface area contributed by atoms with Crippen LogP contribution in [0, 0.1) is 13.8 Å². The lowest BCUT2D eigenvalue weighted by molar-refractivity contribution is 0.197. The lowest BCUT2D eigenvalue weighted by atomic mass is 10.1. The summed E-state index contributed by atoms with van der Waals surface area (Å²) in [4.78, 5) is 14.0. The van der Waals surface area contributed by atoms with Crippen LogP contribution in [0.15, 0.2) is 18.2 Å². The highest BCUT2D eigenvalue weighted by molar-refractivity contribution is 7.91. The van der Waals surface area contributed by atoms with Crippen LogP contribution in [-0.4, -0.2) is 43.4 Å². The zero-order valence-electron chi connectivity index (χ0n) is 12.7. The van der Waals surface area contributed by atoms with E-state index in [2.05, 4.69) is 5.32 Å². The van der Waals surface area contributed by atoms with Crippen molar-refractivity contribution in [2.24, 2.45) is 0 Å². The summed E-state index contributed by atoms with van der Waals surface area (Å²) in [5.74, 6) is 0.242. The van der Waals surface area contributed by atoms with E-state index >= 15 is 0 Å². The molecule has 1 fully saturated rings. The van der Waals surface area contributed by atoms with E-state index < -0.39 is 9.84 Å². The summed E-state index contributed by atoms with van der Waals surface area (Å²) < 4.78 is 23.1. The van der Waals surface area contributed by atoms with E-state index in [9.17, 15) is 13.2 Å². The van der Waals surface area contributed by atoms with Crippen molar-refractivity contribution in [3.05, 3.63) is 29.3 Å². The van der Waals surface area contributed by atoms with Gasteiger partial charge in [-0.15, -0.1) is 0 Å². The van der Waals surface area contributed by atoms with Crippen molar-refractivity contribution in [3.63, 3.8) is 0 Å². The molecule has 6 heteroatoms. The average molecular weight is 310 g/mol. The maximum Gasteiger partial charge on any atom is 0.322 e. The summed E-state index contributed by atoms with van der Waals surface area (Å²) >= 11 is 0. The summed E-state index contributed by atoms with van der Waals surface area (Å²) in [5, 5.41) is 2.87. The summed E-state index contributed by atoms with van der Waals surface area (Å²) in [6, 6.07) is 5.40. The average Bonchev–Trinajstić information content (AvgIpc) is 2.69. The van der Waals surface area contributed by atoms with Crippen LogP contribution in [0.4, 0.5) is 10.5 Å². The number of urea groups is 1. The van der Waals surface area contributed by atoms with E-state index in [4.69, 9.17) is 0 Å². The van der Waals surface area contributed by atoms with Crippen LogP contribution < -0.4 is 5.32 Å². The number of carbonyl (C=O) groups excluding carboxylic acids is 1. The first-order valence-electron chi connectivity index (χ1n) is 7.17. The van der Waals surface area contributed by atoms with Gasteiger partial charge in [0.1, 0.15) is 0 Å². The second-order valence-electron chi connectivity index (χ2n) is 5.65. The van der Waals surface area contributed by atoms with E-state index in [1.54, 1.807) is 4.90 Å². The van der Waals surface area contributed by atoms with Gasteiger partial charge in [0.2, 0.25) is 0 Å². The van der Waals surface area contributed by atoms with Crippen LogP contribution in [-0.2, 0) is 9.84 Å². The Bertz CT molecular complexity index is 620. The molecule has 0 radical (unpaired) electrons. The Labute approximate surface area is 126 Å². The third-order valence-electron chi connectivity index (χ3n) is 3.72. The molecule has 116 valence electrons. The van der Waals surface area contributed by atoms with E-state index in [1.165, 1.54) is 0 Å². The molecule has 2 rings (SSSR count). The first kappa shape index (κ1) is 15.8. The van der Waals surface area contributed by atoms with Crippen molar-refractivity contribution in [1.82, 2.24) is 4.90 Å². The lowest BCUT2D eigenvalue weighted by Crippen LogP contribution is -2.43. The van der Waals surface area contributed by atoms with Gasteiger partial charge in [-0.3, -0.25) is 0 Å². The van der Waals surface area contributed by atoms with Crippen LogP contribution in [0.5, 0.6) is 0 Å². The molecule has 1 aliphatic rings. The van der Waals surface area contributed by atoms with Gasteiger partial charge < -0.3 is 10.2 Å². The minimum absolute atomic E-state index is 0.0705. The number of hydrogen-bond donors (Lipinski definition) is 1. The fraction of sp³-hybridized carbons (Fsp3) is 0.533. The number of anilines is 1. The van der Waals surface area contributed by atoms with Gasteiger partial charge in [0, 0.05) is 18.3 Å². The molecule has 1 aromatic carbocycles. The van der Waals surface area contributed by atoms with Gasteiger partial charge in [-0.2, -0.15) is 0 Å². The molecule has 5 nitrogen and oxygen atoms in total. The smallest absolute Gasteiger partial charge is 0.321 e. The molecule has 0 saturated carbocycles. The Morgan fingerprint density at radius 1 is 1.29 bits per heavy atom. The molecule has 1 saturated heterocycles. The summed E-state index contributed by atoms with van der Waals surface area (Å²) in [7, 11) is -2.99. The topological polar surface area (TPSA) is 66.5 Å². The molecule has 0 spiro atoms. The predicted octanol–water partition coefficient (Wildman–Crippen LogP) is 2.34. The zero-order valence-corrected chi connectivity index (χ0v) is 13.5. The molecular weight excluding hydrogens is 288 g/mol. The Balaban J connectivity index is 2.10. The molecule has 1 aliphatic heterocycles. The second kappa shape index (κ2) is 6.05. The molecule has 1 atom stereocenters. The highest BCUT2D eigenvalue weighted by Crippen LogP contribution is 2.20. The SMILES string of the molecule is CCN(C(=O)Nc1cc(C)cc(C)c1)C1CCS(=O)(=O)C1. The number of sulfone groups is 1. The quantitative estimate of drug-likeness (QED) is 0.932. The fourth-order valence-electron chi connectivity index (χ4n) is 2.83. The zero-order chi connectivity index (χ0) is 15.6. The van der Waals surface area contributed by atoms with Gasteiger partial charge in [0.15, 0.2) is 9.84 Å². The van der Waals surface area contributed by atoms with E-state index in [-0.39, 0.29) is 23.6 Å². The largest absolute Gasteiger partial charge is 0.322 e. The normalized spacial score (nSPS) is 20.2. The monoisotopic (exact) mass is 310 g/mol. The Hall–Kier alpha value is -1.56. The van der Waals surface area contributed by atoms with Gasteiger partial charge in [0.25, 0.3) is 0 Å². The standard InChI is InChI=1S/C15H22N2O3S/c1-4-17(14-5-6-21(19,20)10-14)15(18)16-13-8-11(2)7-12(3)9-13/h7-9,14H,4-6,10H2,1-3H3,(H,16,18). The van der Waals surface area contributed by atoms with Gasteiger partial charge in [-0.1, -0.05) is 6.07 Å². The van der Waals surface area contributed by atoms with E-state index in [0.29, 0.717) is 13.0 Å². The van der Waals surface area contributed by atoms with Crippen LogP contribution in [0.3, 0.4) is 0 Å². The highest BCUT2D eigenvalue weighted by atomic mass is 32.2. The molecule has 0 aliphatic carbocycles. The minimum Gasteiger partial charge on any atom is -0.321 e. The number of carbonyl (C=O) groups is 1. The number of aryl methyl sites for hydroxylation is 2. The van der Waals surface area contributed by atoms with Gasteiger partial charge in [0.05, 0.1) is 11.5 Å². The van der Waals surface area contributed by atoms with Gasteiger partial charge in [-0.05, 0) is 50.5 Å². The minimum atomic E-state index is -2.99. The number of rotatable bonds is 3. The molecular formula is C15H22N2O3S. The van der Waals surface area contributed by atoms with Crippen molar-refractivity contribution in [2.75, 3.05) is 23.4 Å². The van der Waals surface area contributed by atoms with Crippen molar-refractivity contribution in [1.29, 1.82) is 0 Å². The lowest BCUT2D eigenvalue weighted by Gasteiger charge is -2.27. The third kappa shape index (κ3) is 3.97. The first-order valence-corrected chi connectivity index (χ1v) is 8.99. The molecule has 1 aromatic rings. The fourth-order valence-corrected chi connectivity index (χ4v) is 4.56. The van der Waals surface area contributed by atoms with E-state index in [0.717, 1.165) is 16.8 Å². The summed E-state index contributed by atoms with van der Waals surface area (Å²) in [5.41, 5.74) is 2.91. The number of nitrogens with zero attached hydrogens (tertiary/aromatic N) is 1. The molecule has 2 amide bonds. The molecule has 21 heavy (non-hydrogen) atoms. The Kier molecular flexibility index (Phi) is 4.56. The maximum atomic E-state index is 12.4. The first-order chi connectivity index (χ1) is 9.80. The van der Waals surface area contributed by atoms with Crippen molar-refractivity contribution in [3.8, 4) is 0 Å². The highest BCUT2D eigenvalue weighted by Gasteiger charge is 2.33. The number of amides is 2. The van der Waals surface area contributed by atoms with Crippen molar-refractivity contribution < 1.29 is 13.2 Å². The van der Waals surface area contributed by atoms with Gasteiger partial charge in [-0.25, -0.2) is 13.2 Å².